The summed E-state index contributed by atoms with van der Waals surface area (Å²) in [6.45, 7) is 8.49. The highest BCUT2D eigenvalue weighted by atomic mass is 16.3. The molecule has 2 aliphatic rings. The van der Waals surface area contributed by atoms with Crippen molar-refractivity contribution in [2.75, 3.05) is 13.1 Å². The van der Waals surface area contributed by atoms with E-state index >= 15 is 0 Å². The lowest BCUT2D eigenvalue weighted by molar-refractivity contribution is 0.127. The lowest BCUT2D eigenvalue weighted by Gasteiger charge is -2.28. The molecule has 4 atom stereocenters. The van der Waals surface area contributed by atoms with Gasteiger partial charge in [-0.1, -0.05) is 26.0 Å². The van der Waals surface area contributed by atoms with Crippen LogP contribution in [-0.2, 0) is 0 Å². The van der Waals surface area contributed by atoms with Gasteiger partial charge in [-0.25, -0.2) is 0 Å². The summed E-state index contributed by atoms with van der Waals surface area (Å²) in [6.07, 6.45) is 8.27. The maximum Gasteiger partial charge on any atom is 0.0517 e. The molecular formula is C15H27NO. The first-order valence-corrected chi connectivity index (χ1v) is 7.03. The van der Waals surface area contributed by atoms with Crippen molar-refractivity contribution >= 4 is 0 Å². The summed E-state index contributed by atoms with van der Waals surface area (Å²) >= 11 is 0. The fourth-order valence-corrected chi connectivity index (χ4v) is 3.60. The Hall–Kier alpha value is -0.340. The Morgan fingerprint density at radius 2 is 2.12 bits per heavy atom. The molecule has 2 nitrogen and oxygen atoms in total. The van der Waals surface area contributed by atoms with Gasteiger partial charge < -0.3 is 10.4 Å². The van der Waals surface area contributed by atoms with Gasteiger partial charge >= 0.3 is 0 Å². The molecule has 17 heavy (non-hydrogen) atoms. The third-order valence-corrected chi connectivity index (χ3v) is 4.27. The van der Waals surface area contributed by atoms with Crippen molar-refractivity contribution < 1.29 is 5.11 Å². The minimum Gasteiger partial charge on any atom is -0.393 e. The Balaban J connectivity index is 1.67. The molecule has 0 saturated heterocycles. The highest BCUT2D eigenvalue weighted by molar-refractivity contribution is 5.10. The van der Waals surface area contributed by atoms with E-state index < -0.39 is 0 Å². The molecule has 1 fully saturated rings. The van der Waals surface area contributed by atoms with Crippen molar-refractivity contribution in [3.8, 4) is 0 Å². The Kier molecular flexibility index (Phi) is 3.94. The van der Waals surface area contributed by atoms with Gasteiger partial charge in [-0.15, -0.1) is 0 Å². The third-order valence-electron chi connectivity index (χ3n) is 4.27. The van der Waals surface area contributed by atoms with Crippen LogP contribution < -0.4 is 5.32 Å². The van der Waals surface area contributed by atoms with Crippen molar-refractivity contribution in [2.24, 2.45) is 23.2 Å². The normalized spacial score (nSPS) is 33.3. The van der Waals surface area contributed by atoms with Crippen LogP contribution in [0, 0.1) is 23.2 Å². The van der Waals surface area contributed by atoms with E-state index in [0.717, 1.165) is 37.3 Å². The van der Waals surface area contributed by atoms with Gasteiger partial charge in [-0.3, -0.25) is 0 Å². The van der Waals surface area contributed by atoms with Gasteiger partial charge in [0.15, 0.2) is 0 Å². The summed E-state index contributed by atoms with van der Waals surface area (Å²) in [6, 6.07) is 0. The second-order valence-electron chi connectivity index (χ2n) is 6.89. The van der Waals surface area contributed by atoms with Crippen LogP contribution in [0.25, 0.3) is 0 Å². The number of aliphatic hydroxyl groups is 1. The second-order valence-corrected chi connectivity index (χ2v) is 6.89. The summed E-state index contributed by atoms with van der Waals surface area (Å²) in [5.74, 6) is 2.57. The predicted octanol–water partition coefficient (Wildman–Crippen LogP) is 2.59. The monoisotopic (exact) mass is 237 g/mol. The van der Waals surface area contributed by atoms with Gasteiger partial charge in [0, 0.05) is 6.54 Å². The van der Waals surface area contributed by atoms with Crippen LogP contribution in [0.1, 0.15) is 40.0 Å². The highest BCUT2D eigenvalue weighted by Crippen LogP contribution is 2.43. The van der Waals surface area contributed by atoms with E-state index in [4.69, 9.17) is 0 Å². The average molecular weight is 237 g/mol. The van der Waals surface area contributed by atoms with Crippen molar-refractivity contribution in [2.45, 2.75) is 46.1 Å². The van der Waals surface area contributed by atoms with E-state index in [9.17, 15) is 5.11 Å². The molecule has 4 unspecified atom stereocenters. The van der Waals surface area contributed by atoms with Crippen molar-refractivity contribution in [3.05, 3.63) is 12.2 Å². The molecule has 0 aromatic rings. The number of aliphatic hydroxyl groups excluding tert-OH is 1. The first kappa shape index (κ1) is 13.1. The Morgan fingerprint density at radius 3 is 2.65 bits per heavy atom. The number of rotatable bonds is 6. The van der Waals surface area contributed by atoms with E-state index in [1.54, 1.807) is 0 Å². The van der Waals surface area contributed by atoms with Crippen molar-refractivity contribution in [3.63, 3.8) is 0 Å². The number of fused-ring (bicyclic) bond motifs is 2. The molecule has 0 heterocycles. The van der Waals surface area contributed by atoms with Crippen LogP contribution in [0.3, 0.4) is 0 Å². The van der Waals surface area contributed by atoms with Crippen LogP contribution in [0.4, 0.5) is 0 Å². The van der Waals surface area contributed by atoms with Crippen molar-refractivity contribution in [1.82, 2.24) is 5.32 Å². The zero-order valence-electron chi connectivity index (χ0n) is 11.4. The summed E-state index contributed by atoms with van der Waals surface area (Å²) in [7, 11) is 0. The van der Waals surface area contributed by atoms with Gasteiger partial charge in [-0.05, 0) is 55.9 Å². The maximum atomic E-state index is 9.45. The first-order valence-electron chi connectivity index (χ1n) is 7.03. The van der Waals surface area contributed by atoms with Crippen LogP contribution in [0.5, 0.6) is 0 Å². The molecule has 2 bridgehead atoms. The van der Waals surface area contributed by atoms with E-state index in [-0.39, 0.29) is 11.5 Å². The number of hydrogen-bond acceptors (Lipinski definition) is 2. The van der Waals surface area contributed by atoms with Crippen molar-refractivity contribution in [1.29, 1.82) is 0 Å². The largest absolute Gasteiger partial charge is 0.393 e. The zero-order valence-corrected chi connectivity index (χ0v) is 11.4. The van der Waals surface area contributed by atoms with E-state index in [1.807, 2.05) is 6.92 Å². The topological polar surface area (TPSA) is 32.3 Å². The Labute approximate surface area is 105 Å². The van der Waals surface area contributed by atoms with Crippen LogP contribution in [0.15, 0.2) is 12.2 Å². The molecule has 2 aliphatic carbocycles. The zero-order chi connectivity index (χ0) is 12.5. The number of allylic oxidation sites excluding steroid dienone is 2. The fourth-order valence-electron chi connectivity index (χ4n) is 3.60. The Bertz CT molecular complexity index is 283. The molecule has 0 aromatic heterocycles. The standard InChI is InChI=1S/C15H27NO/c1-11(17)8-15(2,3)10-16-9-14-7-12-4-5-13(14)6-12/h4-5,11-14,16-17H,6-10H2,1-3H3. The van der Waals surface area contributed by atoms with Gasteiger partial charge in [-0.2, -0.15) is 0 Å². The predicted molar refractivity (Wildman–Crippen MR) is 71.8 cm³/mol. The quantitative estimate of drug-likeness (QED) is 0.696. The van der Waals surface area contributed by atoms with Crippen LogP contribution in [0.2, 0.25) is 0 Å². The van der Waals surface area contributed by atoms with Gasteiger partial charge in [0.05, 0.1) is 6.10 Å². The van der Waals surface area contributed by atoms with Gasteiger partial charge in [0.25, 0.3) is 0 Å². The molecule has 2 rings (SSSR count). The molecule has 0 aliphatic heterocycles. The molecule has 1 saturated carbocycles. The second kappa shape index (κ2) is 5.11. The van der Waals surface area contributed by atoms with Crippen LogP contribution in [-0.4, -0.2) is 24.3 Å². The molecule has 0 aromatic carbocycles. The lowest BCUT2D eigenvalue weighted by Crippen LogP contribution is -2.35. The molecule has 0 radical (unpaired) electrons. The molecule has 2 heteroatoms. The van der Waals surface area contributed by atoms with Gasteiger partial charge in [0.2, 0.25) is 0 Å². The SMILES string of the molecule is CC(O)CC(C)(C)CNCC1CC2C=CC1C2. The average Bonchev–Trinajstić information content (AvgIpc) is 2.76. The summed E-state index contributed by atoms with van der Waals surface area (Å²) in [5, 5.41) is 13.1. The fraction of sp³-hybridized carbons (Fsp3) is 0.867. The third kappa shape index (κ3) is 3.56. The van der Waals surface area contributed by atoms with E-state index in [2.05, 4.69) is 31.3 Å². The molecule has 0 amide bonds. The maximum absolute atomic E-state index is 9.45. The minimum atomic E-state index is -0.197. The molecule has 0 spiro atoms. The van der Waals surface area contributed by atoms with E-state index in [1.165, 1.54) is 12.8 Å². The molecule has 2 N–H and O–H groups in total. The lowest BCUT2D eigenvalue weighted by atomic mass is 9.86. The number of hydrogen-bond donors (Lipinski definition) is 2. The molecule has 98 valence electrons. The van der Waals surface area contributed by atoms with Crippen LogP contribution >= 0.6 is 0 Å². The number of nitrogens with one attached hydrogen (secondary N) is 1. The summed E-state index contributed by atoms with van der Waals surface area (Å²) < 4.78 is 0. The smallest absolute Gasteiger partial charge is 0.0517 e. The summed E-state index contributed by atoms with van der Waals surface area (Å²) in [5.41, 5.74) is 0.196. The molecular weight excluding hydrogens is 210 g/mol. The van der Waals surface area contributed by atoms with Gasteiger partial charge in [0.1, 0.15) is 0 Å². The summed E-state index contributed by atoms with van der Waals surface area (Å²) in [4.78, 5) is 0. The van der Waals surface area contributed by atoms with E-state index in [0.29, 0.717) is 0 Å². The Morgan fingerprint density at radius 1 is 1.35 bits per heavy atom. The minimum absolute atomic E-state index is 0.196. The first-order chi connectivity index (χ1) is 7.96. The highest BCUT2D eigenvalue weighted by Gasteiger charge is 2.35.